The minimum Gasteiger partial charge on any atom is -0.466 e. The van der Waals surface area contributed by atoms with Gasteiger partial charge in [-0.2, -0.15) is 0 Å². The van der Waals surface area contributed by atoms with E-state index in [2.05, 4.69) is 5.32 Å². The number of nitrogens with one attached hydrogen (secondary N) is 1. The zero-order chi connectivity index (χ0) is 22.4. The van der Waals surface area contributed by atoms with Gasteiger partial charge in [0.1, 0.15) is 12.4 Å². The zero-order valence-electron chi connectivity index (χ0n) is 17.8. The van der Waals surface area contributed by atoms with Gasteiger partial charge in [-0.05, 0) is 37.5 Å². The topological polar surface area (TPSA) is 90.9 Å². The summed E-state index contributed by atoms with van der Waals surface area (Å²) in [6, 6.07) is 4.51. The number of carbonyl (C=O) groups is 3. The molecule has 1 aliphatic rings. The van der Waals surface area contributed by atoms with Crippen LogP contribution in [0.3, 0.4) is 0 Å². The largest absolute Gasteiger partial charge is 0.466 e. The van der Waals surface area contributed by atoms with Gasteiger partial charge in [0, 0.05) is 12.6 Å². The predicted octanol–water partition coefficient (Wildman–Crippen LogP) is 2.90. The number of ether oxygens (including phenoxy) is 3. The quantitative estimate of drug-likeness (QED) is 0.537. The average molecular weight is 419 g/mol. The van der Waals surface area contributed by atoms with Crippen LogP contribution in [0.1, 0.15) is 44.7 Å². The molecule has 0 aromatic heterocycles. The van der Waals surface area contributed by atoms with E-state index in [4.69, 9.17) is 14.2 Å². The summed E-state index contributed by atoms with van der Waals surface area (Å²) < 4.78 is 29.9. The Labute approximate surface area is 174 Å². The van der Waals surface area contributed by atoms with Crippen molar-refractivity contribution in [3.63, 3.8) is 0 Å². The Balaban J connectivity index is 2.81. The van der Waals surface area contributed by atoms with Crippen LogP contribution in [0.25, 0.3) is 0 Å². The summed E-state index contributed by atoms with van der Waals surface area (Å²) in [5, 5.41) is 2.96. The van der Waals surface area contributed by atoms with Crippen LogP contribution in [0.2, 0.25) is 0 Å². The molecule has 0 spiro atoms. The van der Waals surface area contributed by atoms with E-state index in [-0.39, 0.29) is 30.1 Å². The van der Waals surface area contributed by atoms with Crippen LogP contribution < -0.4 is 5.32 Å². The van der Waals surface area contributed by atoms with Crippen molar-refractivity contribution in [3.05, 3.63) is 57.7 Å². The molecule has 0 saturated heterocycles. The van der Waals surface area contributed by atoms with E-state index in [1.54, 1.807) is 26.8 Å². The summed E-state index contributed by atoms with van der Waals surface area (Å²) in [7, 11) is 1.23. The third kappa shape index (κ3) is 4.69. The van der Waals surface area contributed by atoms with E-state index in [9.17, 15) is 18.8 Å². The lowest BCUT2D eigenvalue weighted by atomic mass is 9.78. The molecule has 0 aliphatic carbocycles. The van der Waals surface area contributed by atoms with Crippen molar-refractivity contribution in [2.45, 2.75) is 40.0 Å². The molecule has 1 aromatic rings. The fourth-order valence-electron chi connectivity index (χ4n) is 3.54. The highest BCUT2D eigenvalue weighted by Crippen LogP contribution is 2.41. The molecule has 1 N–H and O–H groups in total. The SMILES string of the molecule is CCOC(=O)C1=C(COC(C)=O)NC(C)=C(C(=O)OC)C1c1cccc(F)c1CC. The van der Waals surface area contributed by atoms with Crippen molar-refractivity contribution < 1.29 is 33.0 Å². The Hall–Kier alpha value is -3.16. The van der Waals surface area contributed by atoms with Crippen molar-refractivity contribution in [2.24, 2.45) is 0 Å². The van der Waals surface area contributed by atoms with Gasteiger partial charge < -0.3 is 19.5 Å². The number of esters is 3. The summed E-state index contributed by atoms with van der Waals surface area (Å²) in [5.74, 6) is -3.29. The van der Waals surface area contributed by atoms with E-state index >= 15 is 0 Å². The normalized spacial score (nSPS) is 16.1. The molecule has 0 fully saturated rings. The number of halogens is 1. The molecule has 1 heterocycles. The number of carbonyl (C=O) groups excluding carboxylic acids is 3. The van der Waals surface area contributed by atoms with E-state index < -0.39 is 29.6 Å². The highest BCUT2D eigenvalue weighted by Gasteiger charge is 2.40. The first-order chi connectivity index (χ1) is 14.3. The van der Waals surface area contributed by atoms with E-state index in [1.807, 2.05) is 0 Å². The molecule has 0 saturated carbocycles. The van der Waals surface area contributed by atoms with Crippen LogP contribution in [0.5, 0.6) is 0 Å². The number of benzene rings is 1. The van der Waals surface area contributed by atoms with Gasteiger partial charge in [0.25, 0.3) is 0 Å². The lowest BCUT2D eigenvalue weighted by Gasteiger charge is -2.32. The van der Waals surface area contributed by atoms with E-state index in [0.29, 0.717) is 23.2 Å². The van der Waals surface area contributed by atoms with Crippen molar-refractivity contribution in [2.75, 3.05) is 20.3 Å². The van der Waals surface area contributed by atoms with Gasteiger partial charge in [0.2, 0.25) is 0 Å². The third-order valence-corrected chi connectivity index (χ3v) is 4.78. The summed E-state index contributed by atoms with van der Waals surface area (Å²) in [5.41, 5.74) is 1.73. The van der Waals surface area contributed by atoms with Gasteiger partial charge in [0.05, 0.1) is 36.5 Å². The Morgan fingerprint density at radius 3 is 2.37 bits per heavy atom. The second-order valence-corrected chi connectivity index (χ2v) is 6.64. The van der Waals surface area contributed by atoms with Gasteiger partial charge in [-0.1, -0.05) is 19.1 Å². The first kappa shape index (κ1) is 23.1. The first-order valence-electron chi connectivity index (χ1n) is 9.63. The first-order valence-corrected chi connectivity index (χ1v) is 9.63. The average Bonchev–Trinajstić information content (AvgIpc) is 2.70. The van der Waals surface area contributed by atoms with Crippen molar-refractivity contribution in [1.82, 2.24) is 5.32 Å². The molecule has 1 atom stereocenters. The van der Waals surface area contributed by atoms with Gasteiger partial charge in [-0.3, -0.25) is 4.79 Å². The molecule has 7 nitrogen and oxygen atoms in total. The summed E-state index contributed by atoms with van der Waals surface area (Å²) >= 11 is 0. The molecule has 162 valence electrons. The van der Waals surface area contributed by atoms with Crippen LogP contribution in [-0.2, 0) is 35.0 Å². The third-order valence-electron chi connectivity index (χ3n) is 4.78. The monoisotopic (exact) mass is 419 g/mol. The Bertz CT molecular complexity index is 918. The van der Waals surface area contributed by atoms with Gasteiger partial charge in [0.15, 0.2) is 0 Å². The minimum absolute atomic E-state index is 0.0735. The molecule has 0 amide bonds. The molecular weight excluding hydrogens is 393 g/mol. The maximum Gasteiger partial charge on any atom is 0.336 e. The van der Waals surface area contributed by atoms with Crippen molar-refractivity contribution >= 4 is 17.9 Å². The van der Waals surface area contributed by atoms with Gasteiger partial charge in [-0.15, -0.1) is 0 Å². The molecule has 1 aliphatic heterocycles. The highest BCUT2D eigenvalue weighted by atomic mass is 19.1. The number of methoxy groups -OCH3 is 1. The number of dihydropyridines is 1. The minimum atomic E-state index is -0.950. The van der Waals surface area contributed by atoms with Gasteiger partial charge in [-0.25, -0.2) is 14.0 Å². The smallest absolute Gasteiger partial charge is 0.336 e. The Morgan fingerprint density at radius 1 is 1.10 bits per heavy atom. The summed E-state index contributed by atoms with van der Waals surface area (Å²) in [6.45, 7) is 6.18. The van der Waals surface area contributed by atoms with E-state index in [1.165, 1.54) is 26.2 Å². The Morgan fingerprint density at radius 2 is 1.80 bits per heavy atom. The fourth-order valence-corrected chi connectivity index (χ4v) is 3.54. The molecule has 1 aromatic carbocycles. The molecule has 8 heteroatoms. The second-order valence-electron chi connectivity index (χ2n) is 6.64. The van der Waals surface area contributed by atoms with Gasteiger partial charge >= 0.3 is 17.9 Å². The number of rotatable bonds is 7. The van der Waals surface area contributed by atoms with E-state index in [0.717, 1.165) is 0 Å². The number of allylic oxidation sites excluding steroid dienone is 1. The summed E-state index contributed by atoms with van der Waals surface area (Å²) in [4.78, 5) is 37.0. The maximum atomic E-state index is 14.6. The van der Waals surface area contributed by atoms with Crippen LogP contribution in [0.15, 0.2) is 40.7 Å². The van der Waals surface area contributed by atoms with Crippen molar-refractivity contribution in [1.29, 1.82) is 0 Å². The molecule has 30 heavy (non-hydrogen) atoms. The van der Waals surface area contributed by atoms with Crippen molar-refractivity contribution in [3.8, 4) is 0 Å². The van der Waals surface area contributed by atoms with Crippen LogP contribution >= 0.6 is 0 Å². The number of hydrogen-bond donors (Lipinski definition) is 1. The lowest BCUT2D eigenvalue weighted by Crippen LogP contribution is -2.35. The van der Waals surface area contributed by atoms with Crippen LogP contribution in [-0.4, -0.2) is 38.2 Å². The van der Waals surface area contributed by atoms with Crippen LogP contribution in [0.4, 0.5) is 4.39 Å². The predicted molar refractivity (Wildman–Crippen MR) is 107 cm³/mol. The number of hydrogen-bond acceptors (Lipinski definition) is 7. The second kappa shape index (κ2) is 10.0. The fraction of sp³-hybridized carbons (Fsp3) is 0.409. The molecule has 1 unspecified atom stereocenters. The molecule has 0 bridgehead atoms. The standard InChI is InChI=1S/C22H26FNO6/c1-6-14-15(9-8-10-16(14)23)19-18(21(26)28-5)12(3)24-17(11-30-13(4)25)20(19)22(27)29-7-2/h8-10,19,24H,6-7,11H2,1-5H3. The van der Waals surface area contributed by atoms with Crippen LogP contribution in [0, 0.1) is 5.82 Å². The molecule has 0 radical (unpaired) electrons. The molecular formula is C22H26FNO6. The zero-order valence-corrected chi connectivity index (χ0v) is 17.8. The maximum absolute atomic E-state index is 14.6. The Kier molecular flexibility index (Phi) is 7.74. The summed E-state index contributed by atoms with van der Waals surface area (Å²) in [6.07, 6.45) is 0.342. The highest BCUT2D eigenvalue weighted by molar-refractivity contribution is 6.00. The lowest BCUT2D eigenvalue weighted by molar-refractivity contribution is -0.142. The molecule has 2 rings (SSSR count).